The van der Waals surface area contributed by atoms with Gasteiger partial charge in [0.1, 0.15) is 5.82 Å². The number of hydrogen-bond acceptors (Lipinski definition) is 2. The summed E-state index contributed by atoms with van der Waals surface area (Å²) in [6.45, 7) is 3.58. The van der Waals surface area contributed by atoms with E-state index in [1.54, 1.807) is 12.1 Å². The highest BCUT2D eigenvalue weighted by atomic mass is 35.5. The molecule has 1 aromatic rings. The van der Waals surface area contributed by atoms with Gasteiger partial charge in [-0.15, -0.1) is 6.58 Å². The summed E-state index contributed by atoms with van der Waals surface area (Å²) in [6.07, 6.45) is 1.60. The summed E-state index contributed by atoms with van der Waals surface area (Å²) in [6, 6.07) is 3.89. The van der Waals surface area contributed by atoms with E-state index in [1.807, 2.05) is 0 Å². The molecule has 13 heavy (non-hydrogen) atoms. The van der Waals surface area contributed by atoms with E-state index in [0.717, 1.165) is 0 Å². The van der Waals surface area contributed by atoms with Gasteiger partial charge in [-0.2, -0.15) is 0 Å². The summed E-state index contributed by atoms with van der Waals surface area (Å²) in [5.41, 5.74) is 3.21. The van der Waals surface area contributed by atoms with Gasteiger partial charge in [0.15, 0.2) is 0 Å². The molecule has 0 bridgehead atoms. The predicted octanol–water partition coefficient (Wildman–Crippen LogP) is 2.17. The van der Waals surface area contributed by atoms with Crippen LogP contribution in [-0.2, 0) is 0 Å². The van der Waals surface area contributed by atoms with Crippen LogP contribution in [0.1, 0.15) is 11.6 Å². The van der Waals surface area contributed by atoms with Gasteiger partial charge in [0.05, 0.1) is 6.04 Å². The lowest BCUT2D eigenvalue weighted by Gasteiger charge is -2.12. The monoisotopic (exact) mass is 200 g/mol. The molecular formula is C9H10ClFN2. The summed E-state index contributed by atoms with van der Waals surface area (Å²) >= 11 is 5.80. The second kappa shape index (κ2) is 4.37. The third-order valence-electron chi connectivity index (χ3n) is 1.71. The fourth-order valence-corrected chi connectivity index (χ4v) is 1.32. The van der Waals surface area contributed by atoms with Crippen LogP contribution in [0, 0.1) is 5.82 Å². The average molecular weight is 201 g/mol. The van der Waals surface area contributed by atoms with E-state index in [2.05, 4.69) is 12.0 Å². The van der Waals surface area contributed by atoms with Crippen LogP contribution >= 0.6 is 11.6 Å². The molecule has 1 rings (SSSR count). The van der Waals surface area contributed by atoms with E-state index in [-0.39, 0.29) is 11.9 Å². The molecule has 0 aliphatic carbocycles. The van der Waals surface area contributed by atoms with Crippen LogP contribution in [0.4, 0.5) is 4.39 Å². The molecule has 0 spiro atoms. The molecule has 1 atom stereocenters. The van der Waals surface area contributed by atoms with Crippen molar-refractivity contribution < 1.29 is 4.39 Å². The molecule has 0 radical (unpaired) electrons. The van der Waals surface area contributed by atoms with Crippen molar-refractivity contribution in [1.82, 2.24) is 5.43 Å². The predicted molar refractivity (Wildman–Crippen MR) is 51.7 cm³/mol. The molecule has 0 aliphatic heterocycles. The van der Waals surface area contributed by atoms with Crippen LogP contribution in [0.25, 0.3) is 0 Å². The van der Waals surface area contributed by atoms with Gasteiger partial charge in [0, 0.05) is 5.02 Å². The first kappa shape index (κ1) is 10.2. The van der Waals surface area contributed by atoms with Crippen molar-refractivity contribution in [3.8, 4) is 0 Å². The lowest BCUT2D eigenvalue weighted by atomic mass is 10.1. The van der Waals surface area contributed by atoms with Gasteiger partial charge in [-0.1, -0.05) is 23.7 Å². The number of halogens is 2. The number of nitrogens with one attached hydrogen (secondary N) is 1. The van der Waals surface area contributed by atoms with Crippen molar-refractivity contribution in [3.63, 3.8) is 0 Å². The molecule has 0 aromatic heterocycles. The summed E-state index contributed by atoms with van der Waals surface area (Å²) in [5.74, 6) is 4.88. The number of hydrogen-bond donors (Lipinski definition) is 2. The Hall–Kier alpha value is -0.900. The van der Waals surface area contributed by atoms with E-state index in [4.69, 9.17) is 17.4 Å². The topological polar surface area (TPSA) is 38.0 Å². The van der Waals surface area contributed by atoms with Crippen LogP contribution < -0.4 is 11.3 Å². The minimum Gasteiger partial charge on any atom is -0.271 e. The second-order valence-corrected chi connectivity index (χ2v) is 2.95. The molecule has 0 heterocycles. The molecule has 1 unspecified atom stereocenters. The minimum atomic E-state index is -0.367. The minimum absolute atomic E-state index is 0.256. The van der Waals surface area contributed by atoms with Crippen molar-refractivity contribution in [2.24, 2.45) is 5.84 Å². The Labute approximate surface area is 81.2 Å². The summed E-state index contributed by atoms with van der Waals surface area (Å²) in [4.78, 5) is 0. The zero-order valence-corrected chi connectivity index (χ0v) is 7.68. The van der Waals surface area contributed by atoms with Gasteiger partial charge in [-0.3, -0.25) is 5.84 Å². The lowest BCUT2D eigenvalue weighted by molar-refractivity contribution is 0.620. The zero-order valence-electron chi connectivity index (χ0n) is 6.93. The van der Waals surface area contributed by atoms with E-state index < -0.39 is 0 Å². The third-order valence-corrected chi connectivity index (χ3v) is 2.04. The Morgan fingerprint density at radius 2 is 2.31 bits per heavy atom. The van der Waals surface area contributed by atoms with Crippen molar-refractivity contribution in [3.05, 3.63) is 47.3 Å². The lowest BCUT2D eigenvalue weighted by Crippen LogP contribution is -2.26. The molecule has 0 aliphatic rings. The van der Waals surface area contributed by atoms with Crippen molar-refractivity contribution in [1.29, 1.82) is 0 Å². The summed E-state index contributed by atoms with van der Waals surface area (Å²) < 4.78 is 12.7. The maximum absolute atomic E-state index is 12.7. The highest BCUT2D eigenvalue weighted by molar-refractivity contribution is 6.31. The van der Waals surface area contributed by atoms with E-state index in [9.17, 15) is 4.39 Å². The highest BCUT2D eigenvalue weighted by Gasteiger charge is 2.09. The Balaban J connectivity index is 3.06. The SMILES string of the molecule is C=CC(NN)c1ccc(F)cc1Cl. The van der Waals surface area contributed by atoms with Crippen LogP contribution in [0.3, 0.4) is 0 Å². The fourth-order valence-electron chi connectivity index (χ4n) is 1.04. The number of benzene rings is 1. The molecule has 4 heteroatoms. The van der Waals surface area contributed by atoms with Crippen LogP contribution in [0.15, 0.2) is 30.9 Å². The van der Waals surface area contributed by atoms with Gasteiger partial charge in [0.25, 0.3) is 0 Å². The average Bonchev–Trinajstić information content (AvgIpc) is 2.10. The molecule has 1 aromatic carbocycles. The highest BCUT2D eigenvalue weighted by Crippen LogP contribution is 2.23. The first-order valence-electron chi connectivity index (χ1n) is 3.72. The Kier molecular flexibility index (Phi) is 3.42. The van der Waals surface area contributed by atoms with E-state index in [0.29, 0.717) is 10.6 Å². The maximum Gasteiger partial charge on any atom is 0.124 e. The Morgan fingerprint density at radius 1 is 1.62 bits per heavy atom. The molecule has 0 fully saturated rings. The van der Waals surface area contributed by atoms with Crippen molar-refractivity contribution in [2.45, 2.75) is 6.04 Å². The second-order valence-electron chi connectivity index (χ2n) is 2.55. The van der Waals surface area contributed by atoms with Gasteiger partial charge in [-0.05, 0) is 17.7 Å². The molecule has 2 nitrogen and oxygen atoms in total. The van der Waals surface area contributed by atoms with Crippen LogP contribution in [0.5, 0.6) is 0 Å². The third kappa shape index (κ3) is 2.28. The van der Waals surface area contributed by atoms with E-state index >= 15 is 0 Å². The van der Waals surface area contributed by atoms with Crippen molar-refractivity contribution >= 4 is 11.6 Å². The number of nitrogens with two attached hydrogens (primary N) is 1. The molecule has 3 N–H and O–H groups in total. The van der Waals surface area contributed by atoms with Gasteiger partial charge < -0.3 is 0 Å². The first-order chi connectivity index (χ1) is 6.19. The number of rotatable bonds is 3. The molecule has 0 saturated carbocycles. The molecular weight excluding hydrogens is 191 g/mol. The number of hydrazine groups is 1. The molecule has 70 valence electrons. The van der Waals surface area contributed by atoms with Crippen molar-refractivity contribution in [2.75, 3.05) is 0 Å². The first-order valence-corrected chi connectivity index (χ1v) is 4.10. The van der Waals surface area contributed by atoms with Gasteiger partial charge in [-0.25, -0.2) is 9.82 Å². The van der Waals surface area contributed by atoms with Gasteiger partial charge >= 0.3 is 0 Å². The molecule has 0 amide bonds. The largest absolute Gasteiger partial charge is 0.271 e. The molecule has 0 saturated heterocycles. The van der Waals surface area contributed by atoms with E-state index in [1.165, 1.54) is 12.1 Å². The Morgan fingerprint density at radius 3 is 2.77 bits per heavy atom. The normalized spacial score (nSPS) is 12.5. The van der Waals surface area contributed by atoms with Crippen LogP contribution in [-0.4, -0.2) is 0 Å². The fraction of sp³-hybridized carbons (Fsp3) is 0.111. The zero-order chi connectivity index (χ0) is 9.84. The summed E-state index contributed by atoms with van der Waals surface area (Å²) in [5, 5.41) is 0.336. The quantitative estimate of drug-likeness (QED) is 0.446. The standard InChI is InChI=1S/C9H10ClFN2/c1-2-9(13-12)7-4-3-6(11)5-8(7)10/h2-5,9,13H,1,12H2. The van der Waals surface area contributed by atoms with Crippen LogP contribution in [0.2, 0.25) is 5.02 Å². The van der Waals surface area contributed by atoms with Gasteiger partial charge in [0.2, 0.25) is 0 Å². The maximum atomic E-state index is 12.7. The summed E-state index contributed by atoms with van der Waals surface area (Å²) in [7, 11) is 0. The smallest absolute Gasteiger partial charge is 0.124 e. The Bertz CT molecular complexity index is 314.